The Morgan fingerprint density at radius 1 is 0.268 bits per heavy atom. The van der Waals surface area contributed by atoms with Gasteiger partial charge >= 0.3 is 0 Å². The third-order valence-corrected chi connectivity index (χ3v) is 6.56. The third-order valence-electron chi connectivity index (χ3n) is 6.56. The van der Waals surface area contributed by atoms with Crippen molar-refractivity contribution in [3.63, 3.8) is 0 Å². The van der Waals surface area contributed by atoms with E-state index in [0.29, 0.717) is 0 Å². The van der Waals surface area contributed by atoms with Crippen LogP contribution in [0, 0.1) is 0 Å². The Kier molecular flexibility index (Phi) is 526. The molecule has 0 unspecified atom stereocenters. The Hall–Kier alpha value is -7.81. The van der Waals surface area contributed by atoms with Crippen molar-refractivity contribution in [3.8, 4) is 0 Å². The van der Waals surface area contributed by atoms with E-state index in [4.69, 9.17) is 0 Å². The number of aromatic amines is 3. The molecular formula is C92H208N20. The fraction of sp³-hybridized carbons (Fsp3) is 0.641. The topological polar surface area (TPSA) is 260 Å². The third kappa shape index (κ3) is 331. The minimum atomic E-state index is 0.958. The van der Waals surface area contributed by atoms with Gasteiger partial charge in [0, 0.05) is 164 Å². The number of aromatic nitrogens is 12. The molecule has 7 aromatic rings. The van der Waals surface area contributed by atoms with Crippen LogP contribution in [0.25, 0.3) is 0 Å². The SMILES string of the molecule is C1=CCNC1.C1=CNCC1.C1=NCCN1.C1=NNCC1.C1CNCN1.CC.CC.CC.CC.CC.CC.CC.CC.CC.CC.CC.CC.CC.CC.CC.CC.CC.CC.CC.CC.CC.CC.CC.CC.c1c[nH]cn1.c1cc[nH]c1.c1ccncc1.c1ccnnc1.c1cn[nH]c1.c1cnccn1.c1cncnc1. The van der Waals surface area contributed by atoms with Crippen LogP contribution >= 0.6 is 0 Å². The second-order valence-electron chi connectivity index (χ2n) is 11.6. The van der Waals surface area contributed by atoms with Crippen LogP contribution in [0.4, 0.5) is 0 Å². The van der Waals surface area contributed by atoms with Crippen LogP contribution in [0.2, 0.25) is 0 Å². The van der Waals surface area contributed by atoms with Crippen LogP contribution in [0.5, 0.6) is 0 Å². The van der Waals surface area contributed by atoms with Crippen molar-refractivity contribution in [1.82, 2.24) is 92.3 Å². The Bertz CT molecular complexity index is 1420. The lowest BCUT2D eigenvalue weighted by Crippen LogP contribution is -2.11. The molecule has 0 aliphatic carbocycles. The summed E-state index contributed by atoms with van der Waals surface area (Å²) in [4.78, 5) is 31.7. The van der Waals surface area contributed by atoms with Gasteiger partial charge in [0.25, 0.3) is 0 Å². The van der Waals surface area contributed by atoms with Gasteiger partial charge in [-0.3, -0.25) is 25.0 Å². The summed E-state index contributed by atoms with van der Waals surface area (Å²) in [6, 6.07) is 16.9. The Morgan fingerprint density at radius 3 is 0.768 bits per heavy atom. The number of H-pyrrole nitrogens is 3. The first-order valence-corrected chi connectivity index (χ1v) is 44.5. The average Bonchev–Trinajstić information content (AvgIpc) is 3.23. The van der Waals surface area contributed by atoms with Crippen LogP contribution < -0.4 is 32.0 Å². The molecule has 12 heterocycles. The molecule has 5 aliphatic rings. The lowest BCUT2D eigenvalue weighted by atomic mass is 10.5. The molecule has 0 radical (unpaired) electrons. The summed E-state index contributed by atoms with van der Waals surface area (Å²) >= 11 is 0. The maximum Gasteiger partial charge on any atom is 0.115 e. The number of nitrogens with zero attached hydrogens (tertiary/aromatic N) is 11. The van der Waals surface area contributed by atoms with Crippen molar-refractivity contribution in [1.29, 1.82) is 0 Å². The van der Waals surface area contributed by atoms with Gasteiger partial charge in [-0.25, -0.2) is 15.0 Å². The van der Waals surface area contributed by atoms with Crippen molar-refractivity contribution in [2.75, 3.05) is 59.0 Å². The molecule has 676 valence electrons. The summed E-state index contributed by atoms with van der Waals surface area (Å²) < 4.78 is 0. The second kappa shape index (κ2) is 341. The summed E-state index contributed by atoms with van der Waals surface area (Å²) in [5.41, 5.74) is 2.79. The van der Waals surface area contributed by atoms with Gasteiger partial charge < -0.3 is 42.0 Å². The number of rotatable bonds is 0. The molecule has 0 bridgehead atoms. The predicted molar refractivity (Wildman–Crippen MR) is 528 cm³/mol. The van der Waals surface area contributed by atoms with Gasteiger partial charge in [0.15, 0.2) is 0 Å². The van der Waals surface area contributed by atoms with Gasteiger partial charge in [-0.2, -0.15) is 20.4 Å². The first-order valence-electron chi connectivity index (χ1n) is 44.5. The Labute approximate surface area is 706 Å². The molecule has 20 nitrogen and oxygen atoms in total. The van der Waals surface area contributed by atoms with Crippen LogP contribution in [0.3, 0.4) is 0 Å². The summed E-state index contributed by atoms with van der Waals surface area (Å²) in [6.07, 6.45) is 44.8. The zero-order chi connectivity index (χ0) is 93.3. The minimum Gasteiger partial charge on any atom is -0.391 e. The number of aliphatic imine (C=N–C) groups is 1. The van der Waals surface area contributed by atoms with E-state index in [9.17, 15) is 0 Å². The van der Waals surface area contributed by atoms with Gasteiger partial charge in [0.1, 0.15) is 6.33 Å². The smallest absolute Gasteiger partial charge is 0.115 e. The van der Waals surface area contributed by atoms with Crippen molar-refractivity contribution >= 4 is 12.6 Å². The molecule has 0 atom stereocenters. The van der Waals surface area contributed by atoms with E-state index in [1.54, 1.807) is 105 Å². The van der Waals surface area contributed by atoms with Crippen molar-refractivity contribution in [3.05, 3.63) is 191 Å². The molecule has 7 aromatic heterocycles. The first kappa shape index (κ1) is 173. The molecule has 0 aromatic carbocycles. The standard InChI is InChI=1S/C5H5N.3C4H4N2.2C4H7N.C4H5N.C3H8N2.C3H6N2.C3H4N2.C3H6N2.C3H4N2.24C2H6/c1-2-4-6-5-3-1;1-2-6-4-3-5-1;1-2-5-4-6-3-1;1-2-4-6-5-3-1;3*1-2-4-5-3-1;3*1-2-5-3-4-1;2*1-2-4-5-3-1;24*1-2/h1-5H;3*1-4H;1,3,5H,2,4H2;1-2,5H,3-4H2;1-5H;4-5H,1-3H2;3H,1-2H2,(H,4,5);1-3H,(H,4,5);2,5H,1,3H2;1-3H,(H,4,5);24*1-2H3. The van der Waals surface area contributed by atoms with Gasteiger partial charge in [0.2, 0.25) is 0 Å². The fourth-order valence-electron chi connectivity index (χ4n) is 3.70. The maximum atomic E-state index is 3.85. The lowest BCUT2D eigenvalue weighted by Gasteiger charge is -1.78. The summed E-state index contributed by atoms with van der Waals surface area (Å²) in [5.74, 6) is 0. The molecule has 20 heteroatoms. The van der Waals surface area contributed by atoms with E-state index in [1.165, 1.54) is 12.7 Å². The van der Waals surface area contributed by atoms with Crippen molar-refractivity contribution in [2.45, 2.75) is 345 Å². The van der Waals surface area contributed by atoms with E-state index in [2.05, 4.69) is 121 Å². The van der Waals surface area contributed by atoms with Crippen LogP contribution in [0.15, 0.2) is 201 Å². The van der Waals surface area contributed by atoms with E-state index in [0.717, 1.165) is 65.4 Å². The highest BCUT2D eigenvalue weighted by Gasteiger charge is 1.90. The molecule has 1 saturated heterocycles. The quantitative estimate of drug-likeness (QED) is 0.0640. The summed E-state index contributed by atoms with van der Waals surface area (Å²) in [6.45, 7) is 106. The highest BCUT2D eigenvalue weighted by Crippen LogP contribution is 1.84. The number of nitrogens with one attached hydrogen (secondary N) is 9. The largest absolute Gasteiger partial charge is 0.391 e. The average molecular weight is 1590 g/mol. The Balaban J connectivity index is -0.0000000327. The molecular weight excluding hydrogens is 1390 g/mol. The zero-order valence-corrected chi connectivity index (χ0v) is 84.3. The molecule has 0 amide bonds. The number of hydrazone groups is 1. The molecule has 112 heavy (non-hydrogen) atoms. The first-order chi connectivity index (χ1) is 56.0. The number of imidazole rings is 1. The maximum absolute atomic E-state index is 3.85. The molecule has 12 rings (SSSR count). The minimum absolute atomic E-state index is 0.958. The van der Waals surface area contributed by atoms with Crippen LogP contribution in [0.1, 0.15) is 345 Å². The predicted octanol–water partition coefficient (Wildman–Crippen LogP) is 28.3. The number of pyridine rings is 1. The van der Waals surface area contributed by atoms with Crippen molar-refractivity contribution < 1.29 is 0 Å². The zero-order valence-electron chi connectivity index (χ0n) is 84.3. The van der Waals surface area contributed by atoms with Crippen LogP contribution in [-0.4, -0.2) is 132 Å². The van der Waals surface area contributed by atoms with Crippen LogP contribution in [-0.2, 0) is 0 Å². The number of hydrogen-bond acceptors (Lipinski definition) is 17. The highest BCUT2D eigenvalue weighted by atomic mass is 15.3. The van der Waals surface area contributed by atoms with Gasteiger partial charge in [-0.15, -0.1) is 0 Å². The van der Waals surface area contributed by atoms with E-state index in [-0.39, 0.29) is 0 Å². The molecule has 5 aliphatic heterocycles. The summed E-state index contributed by atoms with van der Waals surface area (Å²) in [5, 5.41) is 32.3. The molecule has 1 fully saturated rings. The highest BCUT2D eigenvalue weighted by molar-refractivity contribution is 5.58. The Morgan fingerprint density at radius 2 is 0.661 bits per heavy atom. The summed E-state index contributed by atoms with van der Waals surface area (Å²) in [7, 11) is 0. The van der Waals surface area contributed by atoms with Gasteiger partial charge in [-0.05, 0) is 61.2 Å². The molecule has 0 spiro atoms. The van der Waals surface area contributed by atoms with E-state index >= 15 is 0 Å². The monoisotopic (exact) mass is 1590 g/mol. The normalized spacial score (nSPS) is 8.64. The molecule has 0 saturated carbocycles. The van der Waals surface area contributed by atoms with Gasteiger partial charge in [0.05, 0.1) is 19.2 Å². The number of hydrogen-bond donors (Lipinski definition) is 9. The van der Waals surface area contributed by atoms with Crippen molar-refractivity contribution in [2.24, 2.45) is 10.1 Å². The lowest BCUT2D eigenvalue weighted by molar-refractivity contribution is 0.807. The van der Waals surface area contributed by atoms with E-state index < -0.39 is 0 Å². The van der Waals surface area contributed by atoms with E-state index in [1.807, 2.05) is 406 Å². The fourth-order valence-corrected chi connectivity index (χ4v) is 3.70. The molecule has 9 N–H and O–H groups in total. The van der Waals surface area contributed by atoms with Gasteiger partial charge in [-0.1, -0.05) is 357 Å². The second-order valence-corrected chi connectivity index (χ2v) is 11.6.